The fourth-order valence-electron chi connectivity index (χ4n) is 1.58. The van der Waals surface area contributed by atoms with Crippen LogP contribution in [0.4, 0.5) is 4.79 Å². The second kappa shape index (κ2) is 8.52. The number of amides is 1. The number of esters is 1. The molecule has 0 bridgehead atoms. The van der Waals surface area contributed by atoms with Crippen molar-refractivity contribution in [1.29, 1.82) is 0 Å². The molecule has 1 aromatic rings. The van der Waals surface area contributed by atoms with Crippen LogP contribution in [0.5, 0.6) is 0 Å². The molecular formula is C15H20ClNO4. The molecule has 1 aromatic carbocycles. The van der Waals surface area contributed by atoms with E-state index in [-0.39, 0.29) is 12.6 Å². The molecule has 5 nitrogen and oxygen atoms in total. The summed E-state index contributed by atoms with van der Waals surface area (Å²) in [5.74, 6) is -0.524. The van der Waals surface area contributed by atoms with Gasteiger partial charge in [-0.15, -0.1) is 0 Å². The van der Waals surface area contributed by atoms with Gasteiger partial charge in [-0.3, -0.25) is 0 Å². The molecule has 0 spiro atoms. The minimum atomic E-state index is -0.933. The van der Waals surface area contributed by atoms with Crippen LogP contribution in [-0.4, -0.2) is 41.7 Å². The Bertz CT molecular complexity index is 464. The number of hydrogen-bond acceptors (Lipinski definition) is 4. The van der Waals surface area contributed by atoms with Gasteiger partial charge in [-0.2, -0.15) is 0 Å². The van der Waals surface area contributed by atoms with Crippen LogP contribution >= 0.6 is 11.6 Å². The van der Waals surface area contributed by atoms with Crippen LogP contribution in [0.25, 0.3) is 0 Å². The van der Waals surface area contributed by atoms with E-state index in [0.717, 1.165) is 0 Å². The number of likely N-dealkylation sites (N-methyl/N-ethyl adjacent to an activating group) is 1. The number of alkyl halides is 1. The maximum atomic E-state index is 11.8. The zero-order chi connectivity index (χ0) is 15.8. The van der Waals surface area contributed by atoms with E-state index in [1.54, 1.807) is 51.1 Å². The lowest BCUT2D eigenvalue weighted by molar-refractivity contribution is 0.0335. The van der Waals surface area contributed by atoms with Gasteiger partial charge < -0.3 is 14.4 Å². The molecule has 0 aromatic heterocycles. The molecule has 0 saturated heterocycles. The predicted molar refractivity (Wildman–Crippen MR) is 80.4 cm³/mol. The lowest BCUT2D eigenvalue weighted by atomic mass is 10.2. The highest BCUT2D eigenvalue weighted by Crippen LogP contribution is 2.09. The Balaban J connectivity index is 2.53. The number of benzene rings is 1. The molecular weight excluding hydrogens is 294 g/mol. The number of ether oxygens (including phenoxy) is 2. The van der Waals surface area contributed by atoms with E-state index in [1.165, 1.54) is 4.90 Å². The summed E-state index contributed by atoms with van der Waals surface area (Å²) in [5, 5.41) is 0. The van der Waals surface area contributed by atoms with Crippen molar-refractivity contribution in [2.45, 2.75) is 32.4 Å². The predicted octanol–water partition coefficient (Wildman–Crippen LogP) is 3.28. The van der Waals surface area contributed by atoms with Crippen molar-refractivity contribution in [2.75, 3.05) is 13.1 Å². The van der Waals surface area contributed by atoms with Gasteiger partial charge in [0, 0.05) is 6.54 Å². The van der Waals surface area contributed by atoms with E-state index in [1.807, 2.05) is 0 Å². The summed E-state index contributed by atoms with van der Waals surface area (Å²) in [6.45, 7) is 5.81. The van der Waals surface area contributed by atoms with Crippen LogP contribution in [0, 0.1) is 0 Å². The van der Waals surface area contributed by atoms with Crippen LogP contribution in [0.2, 0.25) is 0 Å². The van der Waals surface area contributed by atoms with Gasteiger partial charge in [0.1, 0.15) is 0 Å². The normalized spacial score (nSPS) is 11.9. The van der Waals surface area contributed by atoms with Gasteiger partial charge in [0.15, 0.2) is 5.56 Å². The van der Waals surface area contributed by atoms with Crippen molar-refractivity contribution in [1.82, 2.24) is 4.90 Å². The maximum absolute atomic E-state index is 11.8. The molecule has 0 saturated carbocycles. The minimum absolute atomic E-state index is 0.0716. The number of halogens is 1. The molecule has 1 unspecified atom stereocenters. The number of nitrogens with zero attached hydrogens (tertiary/aromatic N) is 1. The molecule has 116 valence electrons. The van der Waals surface area contributed by atoms with Crippen molar-refractivity contribution in [3.63, 3.8) is 0 Å². The van der Waals surface area contributed by atoms with Crippen molar-refractivity contribution in [2.24, 2.45) is 0 Å². The highest BCUT2D eigenvalue weighted by Gasteiger charge is 2.21. The smallest absolute Gasteiger partial charge is 0.410 e. The Hall–Kier alpha value is -1.75. The molecule has 1 rings (SSSR count). The monoisotopic (exact) mass is 313 g/mol. The fraction of sp³-hybridized carbons (Fsp3) is 0.467. The Kier molecular flexibility index (Phi) is 7.02. The lowest BCUT2D eigenvalue weighted by Crippen LogP contribution is -2.38. The summed E-state index contributed by atoms with van der Waals surface area (Å²) in [6.07, 6.45) is -0.693. The molecule has 0 aliphatic carbocycles. The van der Waals surface area contributed by atoms with Crippen molar-refractivity contribution in [3.05, 3.63) is 35.9 Å². The Labute approximate surface area is 129 Å². The molecule has 0 aliphatic heterocycles. The van der Waals surface area contributed by atoms with Gasteiger partial charge in [0.2, 0.25) is 0 Å². The standard InChI is InChI=1S/C15H20ClNO4/c1-4-17(15(19)20-11(2)3)10-13(16)21-14(18)12-8-6-5-7-9-12/h5-9,11,13H,4,10H2,1-3H3. The number of carbonyl (C=O) groups excluding carboxylic acids is 2. The van der Waals surface area contributed by atoms with Crippen LogP contribution in [0.15, 0.2) is 30.3 Å². The first kappa shape index (κ1) is 17.3. The molecule has 0 radical (unpaired) electrons. The zero-order valence-corrected chi connectivity index (χ0v) is 13.2. The molecule has 0 heterocycles. The number of rotatable bonds is 6. The van der Waals surface area contributed by atoms with Crippen molar-refractivity contribution >= 4 is 23.7 Å². The molecule has 6 heteroatoms. The van der Waals surface area contributed by atoms with Crippen LogP contribution < -0.4 is 0 Å². The van der Waals surface area contributed by atoms with E-state index in [9.17, 15) is 9.59 Å². The maximum Gasteiger partial charge on any atom is 0.410 e. The van der Waals surface area contributed by atoms with E-state index < -0.39 is 17.6 Å². The third-order valence-electron chi connectivity index (χ3n) is 2.58. The lowest BCUT2D eigenvalue weighted by Gasteiger charge is -2.23. The van der Waals surface area contributed by atoms with Crippen molar-refractivity contribution in [3.8, 4) is 0 Å². The van der Waals surface area contributed by atoms with Gasteiger partial charge in [-0.1, -0.05) is 29.8 Å². The van der Waals surface area contributed by atoms with Gasteiger partial charge in [-0.05, 0) is 32.9 Å². The Morgan fingerprint density at radius 2 is 1.81 bits per heavy atom. The van der Waals surface area contributed by atoms with Gasteiger partial charge in [-0.25, -0.2) is 9.59 Å². The molecule has 0 aliphatic rings. The molecule has 0 fully saturated rings. The van der Waals surface area contributed by atoms with E-state index in [0.29, 0.717) is 12.1 Å². The first-order valence-electron chi connectivity index (χ1n) is 6.79. The fourth-order valence-corrected chi connectivity index (χ4v) is 1.83. The zero-order valence-electron chi connectivity index (χ0n) is 12.4. The topological polar surface area (TPSA) is 55.8 Å². The first-order chi connectivity index (χ1) is 9.93. The Morgan fingerprint density at radius 3 is 2.33 bits per heavy atom. The summed E-state index contributed by atoms with van der Waals surface area (Å²) in [7, 11) is 0. The molecule has 21 heavy (non-hydrogen) atoms. The number of hydrogen-bond donors (Lipinski definition) is 0. The molecule has 0 N–H and O–H groups in total. The quantitative estimate of drug-likeness (QED) is 0.597. The molecule has 1 atom stereocenters. The second-order valence-electron chi connectivity index (χ2n) is 4.65. The highest BCUT2D eigenvalue weighted by atomic mass is 35.5. The average Bonchev–Trinajstić information content (AvgIpc) is 2.44. The van der Waals surface area contributed by atoms with Gasteiger partial charge in [0.25, 0.3) is 0 Å². The number of carbonyl (C=O) groups is 2. The van der Waals surface area contributed by atoms with Gasteiger partial charge in [0.05, 0.1) is 18.2 Å². The summed E-state index contributed by atoms with van der Waals surface area (Å²) >= 11 is 5.99. The Morgan fingerprint density at radius 1 is 1.19 bits per heavy atom. The minimum Gasteiger partial charge on any atom is -0.447 e. The second-order valence-corrected chi connectivity index (χ2v) is 5.14. The van der Waals surface area contributed by atoms with Crippen LogP contribution in [-0.2, 0) is 9.47 Å². The van der Waals surface area contributed by atoms with Gasteiger partial charge >= 0.3 is 12.1 Å². The largest absolute Gasteiger partial charge is 0.447 e. The third kappa shape index (κ3) is 6.04. The highest BCUT2D eigenvalue weighted by molar-refractivity contribution is 6.20. The molecule has 1 amide bonds. The summed E-state index contributed by atoms with van der Waals surface area (Å²) in [4.78, 5) is 25.0. The third-order valence-corrected chi connectivity index (χ3v) is 2.81. The van der Waals surface area contributed by atoms with E-state index in [2.05, 4.69) is 0 Å². The van der Waals surface area contributed by atoms with Crippen LogP contribution in [0.1, 0.15) is 31.1 Å². The first-order valence-corrected chi connectivity index (χ1v) is 7.23. The van der Waals surface area contributed by atoms with E-state index >= 15 is 0 Å². The SMILES string of the molecule is CCN(CC(Cl)OC(=O)c1ccccc1)C(=O)OC(C)C. The summed E-state index contributed by atoms with van der Waals surface area (Å²) in [5.41, 5.74) is -0.520. The summed E-state index contributed by atoms with van der Waals surface area (Å²) in [6, 6.07) is 8.54. The summed E-state index contributed by atoms with van der Waals surface area (Å²) < 4.78 is 10.2. The van der Waals surface area contributed by atoms with E-state index in [4.69, 9.17) is 21.1 Å². The van der Waals surface area contributed by atoms with Crippen molar-refractivity contribution < 1.29 is 19.1 Å². The average molecular weight is 314 g/mol. The van der Waals surface area contributed by atoms with Crippen LogP contribution in [0.3, 0.4) is 0 Å².